The average molecular weight is 319 g/mol. The Balaban J connectivity index is 2.09. The highest BCUT2D eigenvalue weighted by Gasteiger charge is 2.19. The molecule has 1 N–H and O–H groups in total. The molecule has 0 atom stereocenters. The van der Waals surface area contributed by atoms with Crippen molar-refractivity contribution in [3.8, 4) is 5.88 Å². The molecule has 0 spiro atoms. The zero-order chi connectivity index (χ0) is 16.2. The van der Waals surface area contributed by atoms with Crippen LogP contribution in [0.2, 0.25) is 0 Å². The molecular weight excluding hydrogens is 298 g/mol. The largest absolute Gasteiger partial charge is 0.475 e. The van der Waals surface area contributed by atoms with E-state index in [4.69, 9.17) is 24.1 Å². The van der Waals surface area contributed by atoms with Crippen LogP contribution in [0.15, 0.2) is 6.20 Å². The van der Waals surface area contributed by atoms with Crippen LogP contribution in [0.1, 0.15) is 0 Å². The first-order valence-corrected chi connectivity index (χ1v) is 6.79. The van der Waals surface area contributed by atoms with Crippen molar-refractivity contribution in [2.45, 2.75) is 6.54 Å². The normalized spacial score (nSPS) is 10.8. The van der Waals surface area contributed by atoms with Crippen molar-refractivity contribution in [1.29, 1.82) is 0 Å². The molecule has 0 radical (unpaired) electrons. The maximum Gasteiger partial charge on any atom is 0.350 e. The predicted octanol–water partition coefficient (Wildman–Crippen LogP) is -0.158. The molecule has 126 valence electrons. The van der Waals surface area contributed by atoms with Gasteiger partial charge in [0.25, 0.3) is 0 Å². The van der Waals surface area contributed by atoms with Gasteiger partial charge in [0.15, 0.2) is 0 Å². The number of hydrogen-bond donors (Lipinski definition) is 1. The van der Waals surface area contributed by atoms with Gasteiger partial charge in [-0.25, -0.2) is 0 Å². The third-order valence-corrected chi connectivity index (χ3v) is 2.54. The maximum absolute atomic E-state index is 10.7. The molecule has 0 saturated heterocycles. The first-order valence-electron chi connectivity index (χ1n) is 6.79. The summed E-state index contributed by atoms with van der Waals surface area (Å²) in [6.45, 7) is 2.73. The number of nitrogens with zero attached hydrogens (tertiary/aromatic N) is 3. The lowest BCUT2D eigenvalue weighted by molar-refractivity contribution is -0.385. The molecule has 0 aliphatic rings. The molecule has 1 rings (SSSR count). The summed E-state index contributed by atoms with van der Waals surface area (Å²) in [6.07, 6.45) is 1.30. The van der Waals surface area contributed by atoms with E-state index in [0.717, 1.165) is 0 Å². The second kappa shape index (κ2) is 10.9. The van der Waals surface area contributed by atoms with Gasteiger partial charge < -0.3 is 24.1 Å². The number of methoxy groups -OCH3 is 1. The van der Waals surface area contributed by atoms with Crippen molar-refractivity contribution in [3.05, 3.63) is 16.3 Å². The van der Waals surface area contributed by atoms with Crippen LogP contribution in [-0.2, 0) is 20.8 Å². The number of ether oxygens (including phenoxy) is 4. The Morgan fingerprint density at radius 1 is 1.18 bits per heavy atom. The van der Waals surface area contributed by atoms with Gasteiger partial charge in [0.05, 0.1) is 64.8 Å². The lowest BCUT2D eigenvalue weighted by Crippen LogP contribution is -2.13. The topological polar surface area (TPSA) is 118 Å². The molecule has 1 aromatic rings. The summed E-state index contributed by atoms with van der Waals surface area (Å²) < 4.78 is 21.8. The summed E-state index contributed by atoms with van der Waals surface area (Å²) in [4.78, 5) is 10.2. The van der Waals surface area contributed by atoms with E-state index < -0.39 is 4.92 Å². The van der Waals surface area contributed by atoms with Crippen LogP contribution in [0.5, 0.6) is 5.88 Å². The zero-order valence-electron chi connectivity index (χ0n) is 12.5. The van der Waals surface area contributed by atoms with Gasteiger partial charge in [0.1, 0.15) is 6.20 Å². The molecule has 0 aliphatic carbocycles. The average Bonchev–Trinajstić information content (AvgIpc) is 2.92. The number of aromatic nitrogens is 2. The van der Waals surface area contributed by atoms with Crippen molar-refractivity contribution in [3.63, 3.8) is 0 Å². The van der Waals surface area contributed by atoms with Gasteiger partial charge in [0.2, 0.25) is 0 Å². The fourth-order valence-electron chi connectivity index (χ4n) is 1.54. The fraction of sp³-hybridized carbons (Fsp3) is 0.750. The van der Waals surface area contributed by atoms with Crippen LogP contribution in [0.25, 0.3) is 0 Å². The molecule has 0 aromatic carbocycles. The summed E-state index contributed by atoms with van der Waals surface area (Å²) >= 11 is 0. The highest BCUT2D eigenvalue weighted by Crippen LogP contribution is 2.23. The van der Waals surface area contributed by atoms with Gasteiger partial charge in [-0.15, -0.1) is 5.10 Å². The van der Waals surface area contributed by atoms with Crippen molar-refractivity contribution >= 4 is 5.69 Å². The van der Waals surface area contributed by atoms with E-state index in [2.05, 4.69) is 5.10 Å². The molecule has 0 bridgehead atoms. The van der Waals surface area contributed by atoms with Crippen LogP contribution in [-0.4, -0.2) is 73.2 Å². The number of nitro groups is 1. The first-order chi connectivity index (χ1) is 10.7. The van der Waals surface area contributed by atoms with Crippen molar-refractivity contribution in [2.24, 2.45) is 0 Å². The number of aliphatic hydroxyl groups is 1. The third-order valence-electron chi connectivity index (χ3n) is 2.54. The number of hydrogen-bond acceptors (Lipinski definition) is 8. The van der Waals surface area contributed by atoms with E-state index in [-0.39, 0.29) is 18.2 Å². The molecule has 22 heavy (non-hydrogen) atoms. The molecule has 1 aromatic heterocycles. The Bertz CT molecular complexity index is 438. The molecule has 10 nitrogen and oxygen atoms in total. The highest BCUT2D eigenvalue weighted by molar-refractivity contribution is 5.38. The minimum atomic E-state index is -0.546. The number of aliphatic hydroxyl groups excluding tert-OH is 1. The van der Waals surface area contributed by atoms with Crippen LogP contribution >= 0.6 is 0 Å². The van der Waals surface area contributed by atoms with E-state index in [1.54, 1.807) is 0 Å². The Morgan fingerprint density at radius 3 is 2.27 bits per heavy atom. The second-order valence-electron chi connectivity index (χ2n) is 4.10. The quantitative estimate of drug-likeness (QED) is 0.303. The Labute approximate surface area is 127 Å². The highest BCUT2D eigenvalue weighted by atomic mass is 16.6. The van der Waals surface area contributed by atoms with Gasteiger partial charge in [-0.2, -0.15) is 0 Å². The van der Waals surface area contributed by atoms with E-state index >= 15 is 0 Å². The Hall–Kier alpha value is -1.75. The third kappa shape index (κ3) is 6.80. The molecule has 0 amide bonds. The molecule has 0 saturated carbocycles. The Kier molecular flexibility index (Phi) is 9.07. The van der Waals surface area contributed by atoms with Crippen molar-refractivity contribution in [1.82, 2.24) is 9.78 Å². The Morgan fingerprint density at radius 2 is 1.77 bits per heavy atom. The summed E-state index contributed by atoms with van der Waals surface area (Å²) in [5.74, 6) is -0.0174. The minimum absolute atomic E-state index is 0.000509. The monoisotopic (exact) mass is 319 g/mol. The van der Waals surface area contributed by atoms with Gasteiger partial charge >= 0.3 is 11.6 Å². The molecule has 0 aliphatic heterocycles. The molecule has 10 heteroatoms. The van der Waals surface area contributed by atoms with Gasteiger partial charge in [-0.05, 0) is 0 Å². The number of rotatable bonds is 13. The molecular formula is C12H21N3O7. The summed E-state index contributed by atoms with van der Waals surface area (Å²) in [6, 6.07) is 0. The predicted molar refractivity (Wildman–Crippen MR) is 75.0 cm³/mol. The van der Waals surface area contributed by atoms with Crippen LogP contribution in [0, 0.1) is 10.1 Å². The minimum Gasteiger partial charge on any atom is -0.475 e. The van der Waals surface area contributed by atoms with E-state index in [0.29, 0.717) is 46.2 Å². The molecule has 0 unspecified atom stereocenters. The molecule has 1 heterocycles. The van der Waals surface area contributed by atoms with Gasteiger partial charge in [-0.1, -0.05) is 0 Å². The zero-order valence-corrected chi connectivity index (χ0v) is 12.5. The van der Waals surface area contributed by atoms with E-state index in [9.17, 15) is 10.1 Å². The van der Waals surface area contributed by atoms with Crippen molar-refractivity contribution in [2.75, 3.05) is 53.4 Å². The standard InChI is InChI=1S/C12H21N3O7/c1-19-12-11(15(17)18)10-14(13-12)2-4-20-6-8-22-9-7-21-5-3-16/h10,16H,2-9H2,1H3. The van der Waals surface area contributed by atoms with Crippen LogP contribution in [0.3, 0.4) is 0 Å². The first kappa shape index (κ1) is 18.3. The maximum atomic E-state index is 10.7. The summed E-state index contributed by atoms with van der Waals surface area (Å²) in [5.41, 5.74) is -0.172. The van der Waals surface area contributed by atoms with Crippen LogP contribution < -0.4 is 4.74 Å². The van der Waals surface area contributed by atoms with Gasteiger partial charge in [-0.3, -0.25) is 14.8 Å². The fourth-order valence-corrected chi connectivity index (χ4v) is 1.54. The van der Waals surface area contributed by atoms with Crippen LogP contribution in [0.4, 0.5) is 5.69 Å². The van der Waals surface area contributed by atoms with Gasteiger partial charge in [0, 0.05) is 0 Å². The second-order valence-corrected chi connectivity index (χ2v) is 4.10. The van der Waals surface area contributed by atoms with E-state index in [1.807, 2.05) is 0 Å². The van der Waals surface area contributed by atoms with E-state index in [1.165, 1.54) is 18.0 Å². The van der Waals surface area contributed by atoms with Crippen molar-refractivity contribution < 1.29 is 29.0 Å². The lowest BCUT2D eigenvalue weighted by Gasteiger charge is -2.06. The lowest BCUT2D eigenvalue weighted by atomic mass is 10.5. The SMILES string of the molecule is COc1nn(CCOCCOCCOCCO)cc1[N+](=O)[O-]. The smallest absolute Gasteiger partial charge is 0.350 e. The summed E-state index contributed by atoms with van der Waals surface area (Å²) in [7, 11) is 1.33. The summed E-state index contributed by atoms with van der Waals surface area (Å²) in [5, 5.41) is 23.2. The molecule has 0 fully saturated rings.